The Balaban J connectivity index is 2.04. The Bertz CT molecular complexity index is 554. The highest BCUT2D eigenvalue weighted by Crippen LogP contribution is 2.34. The number of hydrogen-bond donors (Lipinski definition) is 1. The molecule has 0 aromatic rings. The fourth-order valence-corrected chi connectivity index (χ4v) is 8.50. The van der Waals surface area contributed by atoms with Crippen LogP contribution in [0.2, 0.25) is 0 Å². The molecule has 0 aromatic heterocycles. The Labute approximate surface area is 292 Å². The van der Waals surface area contributed by atoms with Crippen LogP contribution in [0.25, 0.3) is 0 Å². The molecule has 1 aliphatic rings. The first kappa shape index (κ1) is 43.9. The van der Waals surface area contributed by atoms with Gasteiger partial charge >= 0.3 is 0 Å². The van der Waals surface area contributed by atoms with E-state index in [1.165, 1.54) is 231 Å². The number of nitrogens with zero attached hydrogens (tertiary/aromatic N) is 1. The smallest absolute Gasteiger partial charge is 0.0558 e. The van der Waals surface area contributed by atoms with Crippen molar-refractivity contribution >= 4 is 0 Å². The minimum absolute atomic E-state index is 0.318. The third-order valence-corrected chi connectivity index (χ3v) is 11.7. The molecule has 0 heterocycles. The Morgan fingerprint density at radius 1 is 0.413 bits per heavy atom. The van der Waals surface area contributed by atoms with E-state index < -0.39 is 0 Å². The lowest BCUT2D eigenvalue weighted by Crippen LogP contribution is -2.29. The molecule has 1 fully saturated rings. The molecule has 1 N–H and O–H groups in total. The van der Waals surface area contributed by atoms with Gasteiger partial charge in [-0.15, -0.1) is 0 Å². The van der Waals surface area contributed by atoms with E-state index in [1.807, 2.05) is 0 Å². The summed E-state index contributed by atoms with van der Waals surface area (Å²) in [5.41, 5.74) is 0. The molecule has 0 atom stereocenters. The SMILES string of the molecule is CCCCCCCCC(CCCCCCCC)CCCCCCCN(CCO)CCCCCCCCCC1CCC(CCC)CC1. The fraction of sp³-hybridized carbons (Fsp3) is 1.00. The standard InChI is InChI=1S/C44H89NO/c1-4-7-9-11-17-23-30-43(31-24-18-12-10-8-5-2)32-25-20-16-22-28-39-45(40-41-46)38-27-21-15-13-14-19-26-33-44-36-34-42(29-6-3)35-37-44/h42-44,46H,4-41H2,1-3H3. The van der Waals surface area contributed by atoms with Crippen LogP contribution in [0.1, 0.15) is 239 Å². The van der Waals surface area contributed by atoms with Crippen LogP contribution in [0.5, 0.6) is 0 Å². The number of aliphatic hydroxyl groups excluding tert-OH is 1. The zero-order chi connectivity index (χ0) is 33.2. The predicted octanol–water partition coefficient (Wildman–Crippen LogP) is 14.5. The number of hydrogen-bond acceptors (Lipinski definition) is 2. The summed E-state index contributed by atoms with van der Waals surface area (Å²) in [6.07, 6.45) is 49.2. The van der Waals surface area contributed by atoms with E-state index in [0.29, 0.717) is 6.61 Å². The zero-order valence-electron chi connectivity index (χ0n) is 32.5. The highest BCUT2D eigenvalue weighted by atomic mass is 16.3. The molecule has 0 aliphatic heterocycles. The quantitative estimate of drug-likeness (QED) is 0.0684. The number of unbranched alkanes of at least 4 members (excludes halogenated alkanes) is 20. The van der Waals surface area contributed by atoms with Crippen LogP contribution in [-0.2, 0) is 0 Å². The van der Waals surface area contributed by atoms with Crippen molar-refractivity contribution in [2.24, 2.45) is 17.8 Å². The van der Waals surface area contributed by atoms with E-state index in [9.17, 15) is 5.11 Å². The zero-order valence-corrected chi connectivity index (χ0v) is 32.5. The third-order valence-electron chi connectivity index (χ3n) is 11.7. The molecule has 0 aromatic carbocycles. The molecule has 1 saturated carbocycles. The van der Waals surface area contributed by atoms with Gasteiger partial charge in [0.05, 0.1) is 6.61 Å². The van der Waals surface area contributed by atoms with Gasteiger partial charge in [-0.2, -0.15) is 0 Å². The lowest BCUT2D eigenvalue weighted by molar-refractivity contribution is 0.190. The summed E-state index contributed by atoms with van der Waals surface area (Å²) in [7, 11) is 0. The highest BCUT2D eigenvalue weighted by Gasteiger charge is 2.20. The predicted molar refractivity (Wildman–Crippen MR) is 208 cm³/mol. The molecule has 46 heavy (non-hydrogen) atoms. The molecule has 0 bridgehead atoms. The van der Waals surface area contributed by atoms with E-state index in [2.05, 4.69) is 25.7 Å². The second-order valence-electron chi connectivity index (χ2n) is 16.0. The van der Waals surface area contributed by atoms with Crippen molar-refractivity contribution in [1.29, 1.82) is 0 Å². The van der Waals surface area contributed by atoms with Crippen molar-refractivity contribution in [1.82, 2.24) is 4.90 Å². The summed E-state index contributed by atoms with van der Waals surface area (Å²) in [5.74, 6) is 3.11. The summed E-state index contributed by atoms with van der Waals surface area (Å²) >= 11 is 0. The Morgan fingerprint density at radius 2 is 0.783 bits per heavy atom. The Morgan fingerprint density at radius 3 is 1.20 bits per heavy atom. The van der Waals surface area contributed by atoms with Crippen molar-refractivity contribution in [3.63, 3.8) is 0 Å². The van der Waals surface area contributed by atoms with E-state index in [1.54, 1.807) is 0 Å². The molecule has 276 valence electrons. The molecule has 0 unspecified atom stereocenters. The van der Waals surface area contributed by atoms with Crippen molar-refractivity contribution in [2.75, 3.05) is 26.2 Å². The molecule has 0 spiro atoms. The lowest BCUT2D eigenvalue weighted by Gasteiger charge is -2.28. The maximum atomic E-state index is 9.60. The molecule has 0 amide bonds. The molecule has 0 radical (unpaired) electrons. The van der Waals surface area contributed by atoms with Crippen LogP contribution in [0, 0.1) is 17.8 Å². The normalized spacial score (nSPS) is 17.1. The van der Waals surface area contributed by atoms with E-state index in [4.69, 9.17) is 0 Å². The maximum Gasteiger partial charge on any atom is 0.0558 e. The van der Waals surface area contributed by atoms with Crippen LogP contribution in [0.15, 0.2) is 0 Å². The third kappa shape index (κ3) is 27.8. The van der Waals surface area contributed by atoms with E-state index in [-0.39, 0.29) is 0 Å². The van der Waals surface area contributed by atoms with Gasteiger partial charge in [-0.1, -0.05) is 226 Å². The number of aliphatic hydroxyl groups is 1. The van der Waals surface area contributed by atoms with Crippen molar-refractivity contribution in [3.05, 3.63) is 0 Å². The monoisotopic (exact) mass is 648 g/mol. The Kier molecular flexibility index (Phi) is 33.2. The summed E-state index contributed by atoms with van der Waals surface area (Å²) in [4.78, 5) is 2.55. The van der Waals surface area contributed by atoms with Crippen molar-refractivity contribution < 1.29 is 5.11 Å². The van der Waals surface area contributed by atoms with Crippen LogP contribution in [0.4, 0.5) is 0 Å². The first-order chi connectivity index (χ1) is 22.7. The minimum atomic E-state index is 0.318. The summed E-state index contributed by atoms with van der Waals surface area (Å²) in [6.45, 7) is 10.6. The molecule has 0 saturated heterocycles. The van der Waals surface area contributed by atoms with Gasteiger partial charge in [0.2, 0.25) is 0 Å². The van der Waals surface area contributed by atoms with Crippen molar-refractivity contribution in [2.45, 2.75) is 239 Å². The Hall–Kier alpha value is -0.0800. The largest absolute Gasteiger partial charge is 0.395 e. The van der Waals surface area contributed by atoms with Gasteiger partial charge in [0, 0.05) is 6.54 Å². The van der Waals surface area contributed by atoms with Crippen LogP contribution < -0.4 is 0 Å². The fourth-order valence-electron chi connectivity index (χ4n) is 8.50. The highest BCUT2D eigenvalue weighted by molar-refractivity contribution is 4.72. The summed E-state index contributed by atoms with van der Waals surface area (Å²) < 4.78 is 0. The van der Waals surface area contributed by atoms with Gasteiger partial charge in [0.1, 0.15) is 0 Å². The van der Waals surface area contributed by atoms with Crippen LogP contribution in [0.3, 0.4) is 0 Å². The van der Waals surface area contributed by atoms with E-state index in [0.717, 1.165) is 24.3 Å². The van der Waals surface area contributed by atoms with Gasteiger partial charge in [-0.25, -0.2) is 0 Å². The first-order valence-corrected chi connectivity index (χ1v) is 22.1. The molecular formula is C44H89NO. The second-order valence-corrected chi connectivity index (χ2v) is 16.0. The van der Waals surface area contributed by atoms with Gasteiger partial charge in [0.15, 0.2) is 0 Å². The molecule has 1 aliphatic carbocycles. The summed E-state index contributed by atoms with van der Waals surface area (Å²) in [5, 5.41) is 9.60. The molecular weight excluding hydrogens is 558 g/mol. The van der Waals surface area contributed by atoms with Gasteiger partial charge in [-0.05, 0) is 43.7 Å². The van der Waals surface area contributed by atoms with Gasteiger partial charge in [0.25, 0.3) is 0 Å². The molecule has 1 rings (SSSR count). The van der Waals surface area contributed by atoms with Crippen LogP contribution >= 0.6 is 0 Å². The van der Waals surface area contributed by atoms with E-state index >= 15 is 0 Å². The van der Waals surface area contributed by atoms with Crippen molar-refractivity contribution in [3.8, 4) is 0 Å². The van der Waals surface area contributed by atoms with Gasteiger partial charge in [-0.3, -0.25) is 0 Å². The van der Waals surface area contributed by atoms with Crippen LogP contribution in [-0.4, -0.2) is 36.2 Å². The topological polar surface area (TPSA) is 23.5 Å². The maximum absolute atomic E-state index is 9.60. The minimum Gasteiger partial charge on any atom is -0.395 e. The number of rotatable bonds is 36. The average molecular weight is 648 g/mol. The first-order valence-electron chi connectivity index (χ1n) is 22.1. The van der Waals surface area contributed by atoms with Gasteiger partial charge < -0.3 is 10.0 Å². The molecule has 2 heteroatoms. The average Bonchev–Trinajstić information content (AvgIpc) is 3.07. The molecule has 2 nitrogen and oxygen atoms in total. The lowest BCUT2D eigenvalue weighted by atomic mass is 9.78. The second kappa shape index (κ2) is 34.8. The summed E-state index contributed by atoms with van der Waals surface area (Å²) in [6, 6.07) is 0.